The molecule has 0 saturated carbocycles. The van der Waals surface area contributed by atoms with Crippen LogP contribution in [-0.2, 0) is 11.3 Å². The summed E-state index contributed by atoms with van der Waals surface area (Å²) in [4.78, 5) is 14.4. The van der Waals surface area contributed by atoms with Gasteiger partial charge in [0.25, 0.3) is 0 Å². The van der Waals surface area contributed by atoms with Crippen LogP contribution in [0.25, 0.3) is 0 Å². The normalized spacial score (nSPS) is 20.1. The van der Waals surface area contributed by atoms with Crippen LogP contribution in [0.2, 0.25) is 0 Å². The van der Waals surface area contributed by atoms with Crippen molar-refractivity contribution in [1.82, 2.24) is 14.7 Å². The fourth-order valence-corrected chi connectivity index (χ4v) is 2.91. The molecule has 1 atom stereocenters. The molecule has 1 unspecified atom stereocenters. The molecule has 2 heterocycles. The van der Waals surface area contributed by atoms with Gasteiger partial charge in [-0.25, -0.2) is 0 Å². The Morgan fingerprint density at radius 3 is 2.95 bits per heavy atom. The van der Waals surface area contributed by atoms with Crippen LogP contribution in [0.5, 0.6) is 0 Å². The summed E-state index contributed by atoms with van der Waals surface area (Å²) < 4.78 is 1.89. The molecule has 1 aliphatic heterocycles. The third-order valence-electron chi connectivity index (χ3n) is 4.30. The Hall–Kier alpha value is -1.36. The lowest BCUT2D eigenvalue weighted by Gasteiger charge is -2.32. The second kappa shape index (κ2) is 6.88. The van der Waals surface area contributed by atoms with E-state index in [0.717, 1.165) is 30.9 Å². The largest absolute Gasteiger partial charge is 0.323 e. The van der Waals surface area contributed by atoms with Crippen LogP contribution in [0.4, 0.5) is 5.69 Å². The summed E-state index contributed by atoms with van der Waals surface area (Å²) in [5.74, 6) is 0.0997. The number of hydrogen-bond acceptors (Lipinski definition) is 3. The Balaban J connectivity index is 1.81. The number of rotatable bonds is 5. The molecule has 0 radical (unpaired) electrons. The predicted octanol–water partition coefficient (Wildman–Crippen LogP) is 2.41. The topological polar surface area (TPSA) is 50.2 Å². The minimum absolute atomic E-state index is 0.0997. The van der Waals surface area contributed by atoms with Gasteiger partial charge in [0.1, 0.15) is 0 Å². The molecule has 1 saturated heterocycles. The molecule has 1 aromatic rings. The lowest BCUT2D eigenvalue weighted by atomic mass is 9.98. The highest BCUT2D eigenvalue weighted by Crippen LogP contribution is 2.20. The summed E-state index contributed by atoms with van der Waals surface area (Å²) in [6, 6.07) is 0.564. The molecular weight excluding hydrogens is 252 g/mol. The molecule has 1 aliphatic rings. The first-order valence-electron chi connectivity index (χ1n) is 7.64. The third-order valence-corrected chi connectivity index (χ3v) is 4.30. The summed E-state index contributed by atoms with van der Waals surface area (Å²) in [5.41, 5.74) is 1.87. The zero-order valence-electron chi connectivity index (χ0n) is 12.9. The van der Waals surface area contributed by atoms with E-state index in [4.69, 9.17) is 0 Å². The van der Waals surface area contributed by atoms with Crippen LogP contribution in [0.15, 0.2) is 6.20 Å². The van der Waals surface area contributed by atoms with Crippen molar-refractivity contribution < 1.29 is 4.79 Å². The van der Waals surface area contributed by atoms with Crippen LogP contribution < -0.4 is 5.32 Å². The minimum atomic E-state index is 0.0997. The maximum Gasteiger partial charge on any atom is 0.224 e. The molecule has 0 aromatic carbocycles. The van der Waals surface area contributed by atoms with Crippen LogP contribution >= 0.6 is 0 Å². The number of carbonyl (C=O) groups excluding carboxylic acids is 1. The van der Waals surface area contributed by atoms with Crippen LogP contribution in [-0.4, -0.2) is 40.2 Å². The molecule has 0 aliphatic carbocycles. The summed E-state index contributed by atoms with van der Waals surface area (Å²) in [6.07, 6.45) is 7.07. The molecule has 1 fully saturated rings. The Kier molecular flexibility index (Phi) is 5.17. The van der Waals surface area contributed by atoms with Crippen molar-refractivity contribution in [3.8, 4) is 0 Å². The van der Waals surface area contributed by atoms with E-state index in [2.05, 4.69) is 22.4 Å². The average Bonchev–Trinajstić information content (AvgIpc) is 2.79. The number of likely N-dealkylation sites (tertiary alicyclic amines) is 1. The fourth-order valence-electron chi connectivity index (χ4n) is 2.91. The van der Waals surface area contributed by atoms with Gasteiger partial charge in [0.2, 0.25) is 5.91 Å². The molecule has 2 rings (SSSR count). The molecule has 0 bridgehead atoms. The minimum Gasteiger partial charge on any atom is -0.323 e. The van der Waals surface area contributed by atoms with E-state index in [1.807, 2.05) is 18.5 Å². The number of piperidine rings is 1. The van der Waals surface area contributed by atoms with E-state index < -0.39 is 0 Å². The van der Waals surface area contributed by atoms with Crippen molar-refractivity contribution in [1.29, 1.82) is 0 Å². The zero-order chi connectivity index (χ0) is 14.5. The summed E-state index contributed by atoms with van der Waals surface area (Å²) in [5, 5.41) is 7.22. The van der Waals surface area contributed by atoms with Crippen LogP contribution in [0.3, 0.4) is 0 Å². The highest BCUT2D eigenvalue weighted by atomic mass is 16.1. The van der Waals surface area contributed by atoms with E-state index in [1.54, 1.807) is 6.20 Å². The van der Waals surface area contributed by atoms with Crippen molar-refractivity contribution in [2.45, 2.75) is 58.5 Å². The number of nitrogens with zero attached hydrogens (tertiary/aromatic N) is 3. The number of aryl methyl sites for hydroxylation is 1. The average molecular weight is 278 g/mol. The number of nitrogens with one attached hydrogen (secondary N) is 1. The SMILES string of the molecule is CCn1ncc(NC(=O)CCC2CCCCN2C)c1C. The van der Waals surface area contributed by atoms with Gasteiger partial charge in [0.15, 0.2) is 0 Å². The number of aromatic nitrogens is 2. The zero-order valence-corrected chi connectivity index (χ0v) is 12.9. The first kappa shape index (κ1) is 15.0. The second-order valence-electron chi connectivity index (χ2n) is 5.68. The monoisotopic (exact) mass is 278 g/mol. The van der Waals surface area contributed by atoms with Crippen molar-refractivity contribution in [2.75, 3.05) is 18.9 Å². The third kappa shape index (κ3) is 3.60. The first-order chi connectivity index (χ1) is 9.61. The van der Waals surface area contributed by atoms with Gasteiger partial charge >= 0.3 is 0 Å². The van der Waals surface area contributed by atoms with Crippen molar-refractivity contribution >= 4 is 11.6 Å². The number of amides is 1. The van der Waals surface area contributed by atoms with Crippen molar-refractivity contribution in [2.24, 2.45) is 0 Å². The van der Waals surface area contributed by atoms with E-state index in [0.29, 0.717) is 12.5 Å². The number of hydrogen-bond donors (Lipinski definition) is 1. The molecule has 0 spiro atoms. The van der Waals surface area contributed by atoms with Gasteiger partial charge in [0.05, 0.1) is 17.6 Å². The number of carbonyl (C=O) groups is 1. The highest BCUT2D eigenvalue weighted by Gasteiger charge is 2.19. The van der Waals surface area contributed by atoms with Crippen molar-refractivity contribution in [3.05, 3.63) is 11.9 Å². The van der Waals surface area contributed by atoms with E-state index in [1.165, 1.54) is 19.3 Å². The van der Waals surface area contributed by atoms with Gasteiger partial charge in [-0.15, -0.1) is 0 Å². The smallest absolute Gasteiger partial charge is 0.224 e. The Morgan fingerprint density at radius 1 is 1.50 bits per heavy atom. The molecule has 20 heavy (non-hydrogen) atoms. The number of anilines is 1. The molecule has 1 N–H and O–H groups in total. The van der Waals surface area contributed by atoms with Crippen molar-refractivity contribution in [3.63, 3.8) is 0 Å². The molecule has 5 nitrogen and oxygen atoms in total. The van der Waals surface area contributed by atoms with Gasteiger partial charge in [-0.05, 0) is 46.7 Å². The van der Waals surface area contributed by atoms with Crippen LogP contribution in [0, 0.1) is 6.92 Å². The predicted molar refractivity (Wildman–Crippen MR) is 80.8 cm³/mol. The Bertz CT molecular complexity index is 455. The van der Waals surface area contributed by atoms with Gasteiger partial charge in [-0.1, -0.05) is 6.42 Å². The van der Waals surface area contributed by atoms with Gasteiger partial charge in [-0.2, -0.15) is 5.10 Å². The molecule has 1 aromatic heterocycles. The summed E-state index contributed by atoms with van der Waals surface area (Å²) >= 11 is 0. The van der Waals surface area contributed by atoms with E-state index in [9.17, 15) is 4.79 Å². The van der Waals surface area contributed by atoms with Gasteiger partial charge in [-0.3, -0.25) is 9.48 Å². The maximum absolute atomic E-state index is 12.0. The van der Waals surface area contributed by atoms with E-state index >= 15 is 0 Å². The lowest BCUT2D eigenvalue weighted by molar-refractivity contribution is -0.116. The summed E-state index contributed by atoms with van der Waals surface area (Å²) in [6.45, 7) is 6.02. The van der Waals surface area contributed by atoms with E-state index in [-0.39, 0.29) is 5.91 Å². The second-order valence-corrected chi connectivity index (χ2v) is 5.68. The standard InChI is InChI=1S/C15H26N4O/c1-4-19-12(2)14(11-16-19)17-15(20)9-8-13-7-5-6-10-18(13)3/h11,13H,4-10H2,1-3H3,(H,17,20). The Labute approximate surface area is 121 Å². The summed E-state index contributed by atoms with van der Waals surface area (Å²) in [7, 11) is 2.16. The maximum atomic E-state index is 12.0. The molecule has 112 valence electrons. The molecule has 5 heteroatoms. The quantitative estimate of drug-likeness (QED) is 0.900. The highest BCUT2D eigenvalue weighted by molar-refractivity contribution is 5.91. The molecular formula is C15H26N4O. The fraction of sp³-hybridized carbons (Fsp3) is 0.733. The van der Waals surface area contributed by atoms with Crippen LogP contribution in [0.1, 0.15) is 44.7 Å². The lowest BCUT2D eigenvalue weighted by Crippen LogP contribution is -2.36. The Morgan fingerprint density at radius 2 is 2.30 bits per heavy atom. The van der Waals surface area contributed by atoms with Gasteiger partial charge in [0, 0.05) is 19.0 Å². The molecule has 1 amide bonds. The van der Waals surface area contributed by atoms with Gasteiger partial charge < -0.3 is 10.2 Å². The first-order valence-corrected chi connectivity index (χ1v) is 7.64.